The van der Waals surface area contributed by atoms with Gasteiger partial charge in [-0.1, -0.05) is 31.4 Å². The van der Waals surface area contributed by atoms with E-state index in [4.69, 9.17) is 4.74 Å². The lowest BCUT2D eigenvalue weighted by molar-refractivity contribution is -0.158. The highest BCUT2D eigenvalue weighted by Gasteiger charge is 2.47. The molecule has 0 heterocycles. The highest BCUT2D eigenvalue weighted by molar-refractivity contribution is 5.86. The molecule has 2 aliphatic carbocycles. The van der Waals surface area contributed by atoms with Gasteiger partial charge in [-0.3, -0.25) is 9.59 Å². The van der Waals surface area contributed by atoms with E-state index in [2.05, 4.69) is 5.32 Å². The summed E-state index contributed by atoms with van der Waals surface area (Å²) in [5.41, 5.74) is -0.136. The lowest BCUT2D eigenvalue weighted by Crippen LogP contribution is -2.48. The molecule has 5 heteroatoms. The average Bonchev–Trinajstić information content (AvgIpc) is 3.00. The van der Waals surface area contributed by atoms with Gasteiger partial charge in [0.25, 0.3) is 0 Å². The minimum atomic E-state index is -0.843. The quantitative estimate of drug-likeness (QED) is 0.839. The summed E-state index contributed by atoms with van der Waals surface area (Å²) < 4.78 is 5.21. The maximum atomic E-state index is 12.6. The Balaban J connectivity index is 1.75. The first-order valence-electron chi connectivity index (χ1n) is 8.69. The van der Waals surface area contributed by atoms with Gasteiger partial charge in [-0.05, 0) is 43.4 Å². The van der Waals surface area contributed by atoms with E-state index in [1.165, 1.54) is 0 Å². The van der Waals surface area contributed by atoms with Gasteiger partial charge in [-0.15, -0.1) is 0 Å². The Morgan fingerprint density at radius 1 is 1.08 bits per heavy atom. The van der Waals surface area contributed by atoms with E-state index in [1.54, 1.807) is 7.11 Å². The number of rotatable bonds is 6. The zero-order valence-corrected chi connectivity index (χ0v) is 14.1. The number of carbonyl (C=O) groups excluding carboxylic acids is 1. The summed E-state index contributed by atoms with van der Waals surface area (Å²) in [5, 5.41) is 12.6. The second-order valence-corrected chi connectivity index (χ2v) is 7.18. The molecule has 2 fully saturated rings. The molecule has 0 aromatic heterocycles. The Hall–Kier alpha value is -2.04. The summed E-state index contributed by atoms with van der Waals surface area (Å²) in [7, 11) is 1.63. The number of carbonyl (C=O) groups is 2. The number of ether oxygens (including phenoxy) is 1. The third-order valence-corrected chi connectivity index (χ3v) is 5.74. The number of aliphatic carboxylic acids is 1. The molecule has 2 N–H and O–H groups in total. The van der Waals surface area contributed by atoms with E-state index in [0.717, 1.165) is 43.4 Å². The standard InChI is InChI=1S/C19H25NO4/c1-24-15-7-5-14(6-8-15)19(11-2-3-12-19)20-16(21)13-18(17(22)23)9-4-10-18/h5-8H,2-4,9-13H2,1H3,(H,20,21)(H,22,23). The monoisotopic (exact) mass is 331 g/mol. The normalized spacial score (nSPS) is 20.9. The van der Waals surface area contributed by atoms with Gasteiger partial charge < -0.3 is 15.2 Å². The molecule has 0 bridgehead atoms. The highest BCUT2D eigenvalue weighted by atomic mass is 16.5. The minimum absolute atomic E-state index is 0.0836. The van der Waals surface area contributed by atoms with Crippen LogP contribution in [-0.2, 0) is 15.1 Å². The summed E-state index contributed by atoms with van der Waals surface area (Å²) >= 11 is 0. The molecule has 0 atom stereocenters. The molecule has 1 amide bonds. The van der Waals surface area contributed by atoms with Gasteiger partial charge in [0, 0.05) is 6.42 Å². The van der Waals surface area contributed by atoms with Crippen LogP contribution in [0.2, 0.25) is 0 Å². The summed E-state index contributed by atoms with van der Waals surface area (Å²) in [6.07, 6.45) is 6.10. The second kappa shape index (κ2) is 6.46. The largest absolute Gasteiger partial charge is 0.497 e. The fourth-order valence-electron chi connectivity index (χ4n) is 4.06. The first kappa shape index (κ1) is 16.8. The summed E-state index contributed by atoms with van der Waals surface area (Å²) in [4.78, 5) is 24.1. The molecule has 2 saturated carbocycles. The van der Waals surface area contributed by atoms with Crippen LogP contribution in [0, 0.1) is 5.41 Å². The van der Waals surface area contributed by atoms with E-state index in [1.807, 2.05) is 24.3 Å². The Morgan fingerprint density at radius 2 is 1.71 bits per heavy atom. The molecule has 2 aliphatic rings. The number of nitrogens with one attached hydrogen (secondary N) is 1. The summed E-state index contributed by atoms with van der Waals surface area (Å²) in [5.74, 6) is -0.193. The maximum Gasteiger partial charge on any atom is 0.310 e. The minimum Gasteiger partial charge on any atom is -0.497 e. The van der Waals surface area contributed by atoms with Gasteiger partial charge in [0.1, 0.15) is 5.75 Å². The van der Waals surface area contributed by atoms with Crippen molar-refractivity contribution in [1.29, 1.82) is 0 Å². The number of benzene rings is 1. The lowest BCUT2D eigenvalue weighted by atomic mass is 9.66. The smallest absolute Gasteiger partial charge is 0.310 e. The molecule has 1 aromatic rings. The summed E-state index contributed by atoms with van der Waals surface area (Å²) in [6, 6.07) is 7.82. The zero-order chi connectivity index (χ0) is 17.2. The predicted molar refractivity (Wildman–Crippen MR) is 89.8 cm³/mol. The topological polar surface area (TPSA) is 75.6 Å². The van der Waals surface area contributed by atoms with E-state index >= 15 is 0 Å². The third-order valence-electron chi connectivity index (χ3n) is 5.74. The molecule has 1 aromatic carbocycles. The average molecular weight is 331 g/mol. The first-order valence-corrected chi connectivity index (χ1v) is 8.69. The Labute approximate surface area is 142 Å². The van der Waals surface area contributed by atoms with Gasteiger partial charge in [0.15, 0.2) is 0 Å². The van der Waals surface area contributed by atoms with Crippen LogP contribution in [0.4, 0.5) is 0 Å². The van der Waals surface area contributed by atoms with Crippen LogP contribution in [-0.4, -0.2) is 24.1 Å². The molecule has 0 spiro atoms. The fraction of sp³-hybridized carbons (Fsp3) is 0.579. The third kappa shape index (κ3) is 2.99. The molecule has 0 unspecified atom stereocenters. The second-order valence-electron chi connectivity index (χ2n) is 7.18. The molecule has 5 nitrogen and oxygen atoms in total. The van der Waals surface area contributed by atoms with Crippen molar-refractivity contribution in [2.45, 2.75) is 56.9 Å². The van der Waals surface area contributed by atoms with E-state index in [-0.39, 0.29) is 17.9 Å². The van der Waals surface area contributed by atoms with Crippen LogP contribution in [0.5, 0.6) is 5.75 Å². The summed E-state index contributed by atoms with van der Waals surface area (Å²) in [6.45, 7) is 0. The zero-order valence-electron chi connectivity index (χ0n) is 14.1. The van der Waals surface area contributed by atoms with Gasteiger partial charge >= 0.3 is 5.97 Å². The Bertz CT molecular complexity index is 613. The predicted octanol–water partition coefficient (Wildman–Crippen LogP) is 3.23. The van der Waals surface area contributed by atoms with Crippen LogP contribution in [0.15, 0.2) is 24.3 Å². The van der Waals surface area contributed by atoms with Crippen molar-refractivity contribution in [3.8, 4) is 5.75 Å². The Morgan fingerprint density at radius 3 is 2.17 bits per heavy atom. The molecule has 0 aliphatic heterocycles. The van der Waals surface area contributed by atoms with Gasteiger partial charge in [0.2, 0.25) is 5.91 Å². The fourth-order valence-corrected chi connectivity index (χ4v) is 4.06. The Kier molecular flexibility index (Phi) is 4.52. The van der Waals surface area contributed by atoms with Crippen molar-refractivity contribution in [1.82, 2.24) is 5.32 Å². The van der Waals surface area contributed by atoms with Crippen molar-refractivity contribution in [3.63, 3.8) is 0 Å². The molecular formula is C19H25NO4. The molecule has 0 saturated heterocycles. The van der Waals surface area contributed by atoms with Gasteiger partial charge in [-0.2, -0.15) is 0 Å². The number of amides is 1. The van der Waals surface area contributed by atoms with Gasteiger partial charge in [-0.25, -0.2) is 0 Å². The lowest BCUT2D eigenvalue weighted by Gasteiger charge is -2.39. The van der Waals surface area contributed by atoms with Crippen LogP contribution < -0.4 is 10.1 Å². The SMILES string of the molecule is COc1ccc(C2(NC(=O)CC3(C(=O)O)CCC3)CCCC2)cc1. The molecular weight excluding hydrogens is 306 g/mol. The molecule has 0 radical (unpaired) electrons. The number of carboxylic acid groups (broad SMARTS) is 1. The maximum absolute atomic E-state index is 12.6. The van der Waals surface area contributed by atoms with E-state index in [9.17, 15) is 14.7 Å². The highest BCUT2D eigenvalue weighted by Crippen LogP contribution is 2.45. The van der Waals surface area contributed by atoms with Crippen molar-refractivity contribution >= 4 is 11.9 Å². The van der Waals surface area contributed by atoms with Crippen molar-refractivity contribution in [3.05, 3.63) is 29.8 Å². The number of hydrogen-bond donors (Lipinski definition) is 2. The van der Waals surface area contributed by atoms with Crippen LogP contribution in [0.1, 0.15) is 56.9 Å². The van der Waals surface area contributed by atoms with E-state index in [0.29, 0.717) is 12.8 Å². The van der Waals surface area contributed by atoms with E-state index < -0.39 is 11.4 Å². The number of hydrogen-bond acceptors (Lipinski definition) is 3. The van der Waals surface area contributed by atoms with Crippen LogP contribution in [0.3, 0.4) is 0 Å². The molecule has 3 rings (SSSR count). The first-order chi connectivity index (χ1) is 11.5. The number of carboxylic acids is 1. The van der Waals surface area contributed by atoms with Gasteiger partial charge in [0.05, 0.1) is 18.1 Å². The van der Waals surface area contributed by atoms with Crippen molar-refractivity contribution in [2.75, 3.05) is 7.11 Å². The van der Waals surface area contributed by atoms with Crippen molar-refractivity contribution < 1.29 is 19.4 Å². The molecule has 24 heavy (non-hydrogen) atoms. The van der Waals surface area contributed by atoms with Crippen molar-refractivity contribution in [2.24, 2.45) is 5.41 Å². The number of methoxy groups -OCH3 is 1. The molecule has 130 valence electrons. The van der Waals surface area contributed by atoms with Crippen LogP contribution in [0.25, 0.3) is 0 Å². The van der Waals surface area contributed by atoms with Crippen LogP contribution >= 0.6 is 0 Å².